The van der Waals surface area contributed by atoms with Gasteiger partial charge < -0.3 is 18.4 Å². The predicted octanol–water partition coefficient (Wildman–Crippen LogP) is 17.4. The third kappa shape index (κ3) is 6.05. The van der Waals surface area contributed by atoms with Gasteiger partial charge in [0.2, 0.25) is 0 Å². The van der Waals surface area contributed by atoms with Crippen LogP contribution in [0.25, 0.3) is 116 Å². The summed E-state index contributed by atoms with van der Waals surface area (Å²) < 4.78 is 14.3. The van der Waals surface area contributed by atoms with Crippen LogP contribution in [0.2, 0.25) is 0 Å². The molecule has 15 aromatic rings. The second-order valence-corrected chi connectivity index (χ2v) is 20.8. The standard InChI is InChI=1S/C72H42N6O/c73-43-44-22-33-65-55(38-44)57-40-46(26-35-67(57)78(65)51-29-27-50(28-30-51)77-62-19-7-4-14-52(62)53-15-5-8-20-63(53)77)48-24-32-59-69(42-48)79-68-41-47(23-31-58(68)72(59)60-17-10-36-74-70(60)71-61(72)18-11-37-75-71)45-25-34-66-56(39-45)54-16-6-9-21-64(54)76(66)49-12-2-1-3-13-49/h1-42H. The van der Waals surface area contributed by atoms with Gasteiger partial charge in [-0.05, 0) is 155 Å². The van der Waals surface area contributed by atoms with Gasteiger partial charge in [0.25, 0.3) is 0 Å². The molecule has 0 unspecified atom stereocenters. The number of ether oxygens (including phenoxy) is 1. The fraction of sp³-hybridized carbons (Fsp3) is 0.0139. The Hall–Kier alpha value is -10.8. The number of aromatic nitrogens is 5. The van der Waals surface area contributed by atoms with Gasteiger partial charge >= 0.3 is 0 Å². The van der Waals surface area contributed by atoms with Crippen molar-refractivity contribution in [1.82, 2.24) is 23.7 Å². The zero-order valence-corrected chi connectivity index (χ0v) is 42.3. The lowest BCUT2D eigenvalue weighted by Gasteiger charge is -2.39. The first-order chi connectivity index (χ1) is 39.1. The summed E-state index contributed by atoms with van der Waals surface area (Å²) >= 11 is 0. The van der Waals surface area contributed by atoms with Crippen LogP contribution in [0, 0.1) is 11.3 Å². The summed E-state index contributed by atoms with van der Waals surface area (Å²) in [5, 5.41) is 17.1. The molecule has 0 fully saturated rings. The Balaban J connectivity index is 0.812. The Morgan fingerprint density at radius 2 is 0.722 bits per heavy atom. The highest BCUT2D eigenvalue weighted by molar-refractivity contribution is 6.13. The first-order valence-electron chi connectivity index (χ1n) is 26.7. The lowest BCUT2D eigenvalue weighted by atomic mass is 9.66. The Morgan fingerprint density at radius 1 is 0.329 bits per heavy atom. The summed E-state index contributed by atoms with van der Waals surface area (Å²) in [5.41, 5.74) is 20.1. The maximum atomic E-state index is 10.2. The molecule has 17 rings (SSSR count). The Bertz CT molecular complexity index is 5030. The molecule has 2 aliphatic rings. The average molecular weight is 1010 g/mol. The topological polar surface area (TPSA) is 73.6 Å². The number of para-hydroxylation sites is 4. The lowest BCUT2D eigenvalue weighted by Crippen LogP contribution is -2.32. The van der Waals surface area contributed by atoms with Gasteiger partial charge in [-0.3, -0.25) is 9.97 Å². The summed E-state index contributed by atoms with van der Waals surface area (Å²) in [6.45, 7) is 0. The molecule has 0 atom stereocenters. The van der Waals surface area contributed by atoms with Crippen LogP contribution in [0.1, 0.15) is 27.8 Å². The zero-order chi connectivity index (χ0) is 51.9. The lowest BCUT2D eigenvalue weighted by molar-refractivity contribution is 0.436. The van der Waals surface area contributed by atoms with Crippen molar-refractivity contribution >= 4 is 65.4 Å². The highest BCUT2D eigenvalue weighted by Gasteiger charge is 2.52. The van der Waals surface area contributed by atoms with Gasteiger partial charge in [0.1, 0.15) is 11.5 Å². The monoisotopic (exact) mass is 1010 g/mol. The molecule has 0 bridgehead atoms. The number of nitriles is 1. The molecular weight excluding hydrogens is 965 g/mol. The van der Waals surface area contributed by atoms with Crippen molar-refractivity contribution < 1.29 is 4.74 Å². The Labute approximate surface area is 453 Å². The summed E-state index contributed by atoms with van der Waals surface area (Å²) in [6, 6.07) is 89.1. The van der Waals surface area contributed by atoms with E-state index in [0.717, 1.165) is 112 Å². The minimum absolute atomic E-state index is 0.615. The van der Waals surface area contributed by atoms with Crippen LogP contribution in [0.15, 0.2) is 255 Å². The van der Waals surface area contributed by atoms with Gasteiger partial charge in [0.15, 0.2) is 0 Å². The highest BCUT2D eigenvalue weighted by Crippen LogP contribution is 2.62. The largest absolute Gasteiger partial charge is 0.457 e. The zero-order valence-electron chi connectivity index (χ0n) is 42.3. The van der Waals surface area contributed by atoms with E-state index in [-0.39, 0.29) is 0 Å². The van der Waals surface area contributed by atoms with Gasteiger partial charge in [-0.25, -0.2) is 0 Å². The molecule has 0 N–H and O–H groups in total. The number of rotatable bonds is 5. The smallest absolute Gasteiger partial charge is 0.132 e. The van der Waals surface area contributed by atoms with Crippen LogP contribution >= 0.6 is 0 Å². The number of fused-ring (bicyclic) bond motifs is 18. The number of nitrogens with zero attached hydrogens (tertiary/aromatic N) is 6. The molecule has 0 radical (unpaired) electrons. The number of benzene rings is 10. The molecule has 1 aliphatic heterocycles. The predicted molar refractivity (Wildman–Crippen MR) is 318 cm³/mol. The molecule has 7 heteroatoms. The van der Waals surface area contributed by atoms with Crippen LogP contribution in [0.3, 0.4) is 0 Å². The second kappa shape index (κ2) is 16.3. The normalized spacial score (nSPS) is 13.0. The average Bonchev–Trinajstić information content (AvgIpc) is 3.59. The summed E-state index contributed by atoms with van der Waals surface area (Å²) in [5.74, 6) is 1.56. The molecule has 6 heterocycles. The number of hydrogen-bond donors (Lipinski definition) is 0. The summed E-state index contributed by atoms with van der Waals surface area (Å²) in [6.07, 6.45) is 3.73. The van der Waals surface area contributed by atoms with E-state index >= 15 is 0 Å². The first-order valence-corrected chi connectivity index (χ1v) is 26.7. The molecule has 0 saturated heterocycles. The number of hydrogen-bond acceptors (Lipinski definition) is 4. The molecular formula is C72H42N6O. The molecule has 366 valence electrons. The van der Waals surface area contributed by atoms with Crippen molar-refractivity contribution in [3.8, 4) is 68.3 Å². The summed E-state index contributed by atoms with van der Waals surface area (Å²) in [7, 11) is 0. The molecule has 0 saturated carbocycles. The maximum Gasteiger partial charge on any atom is 0.132 e. The molecule has 79 heavy (non-hydrogen) atoms. The SMILES string of the molecule is N#Cc1ccc2c(c1)c1cc(-c3ccc4c(c3)Oc3cc(-c5ccc6c(c5)c5ccccc5n6-c5ccccc5)ccc3C43c4cccnc4-c4ncccc43)ccc1n2-c1ccc(-n2c3ccccc3c3ccccc32)cc1. The van der Waals surface area contributed by atoms with E-state index in [2.05, 4.69) is 238 Å². The summed E-state index contributed by atoms with van der Waals surface area (Å²) in [4.78, 5) is 10.0. The van der Waals surface area contributed by atoms with E-state index in [1.165, 1.54) is 38.1 Å². The van der Waals surface area contributed by atoms with Crippen molar-refractivity contribution in [2.24, 2.45) is 0 Å². The van der Waals surface area contributed by atoms with Crippen molar-refractivity contribution in [2.45, 2.75) is 5.41 Å². The van der Waals surface area contributed by atoms with Crippen LogP contribution < -0.4 is 4.74 Å². The van der Waals surface area contributed by atoms with Gasteiger partial charge in [0.05, 0.1) is 61.5 Å². The van der Waals surface area contributed by atoms with Crippen molar-refractivity contribution in [3.05, 3.63) is 283 Å². The minimum Gasteiger partial charge on any atom is -0.457 e. The molecule has 1 spiro atoms. The molecule has 0 amide bonds. The molecule has 7 nitrogen and oxygen atoms in total. The molecule has 1 aliphatic carbocycles. The fourth-order valence-electron chi connectivity index (χ4n) is 13.5. The van der Waals surface area contributed by atoms with Crippen LogP contribution in [0.4, 0.5) is 0 Å². The Kier molecular flexibility index (Phi) is 8.99. The number of pyridine rings is 2. The van der Waals surface area contributed by atoms with Crippen LogP contribution in [-0.2, 0) is 5.41 Å². The first kappa shape index (κ1) is 43.4. The van der Waals surface area contributed by atoms with Gasteiger partial charge in [-0.1, -0.05) is 121 Å². The van der Waals surface area contributed by atoms with Crippen molar-refractivity contribution in [3.63, 3.8) is 0 Å². The van der Waals surface area contributed by atoms with E-state index in [1.807, 2.05) is 36.7 Å². The third-order valence-electron chi connectivity index (χ3n) is 16.8. The van der Waals surface area contributed by atoms with Crippen molar-refractivity contribution in [2.75, 3.05) is 0 Å². The van der Waals surface area contributed by atoms with E-state index in [9.17, 15) is 5.26 Å². The maximum absolute atomic E-state index is 10.2. The molecule has 5 aromatic heterocycles. The third-order valence-corrected chi connectivity index (χ3v) is 16.8. The van der Waals surface area contributed by atoms with E-state index in [0.29, 0.717) is 5.56 Å². The van der Waals surface area contributed by atoms with Crippen LogP contribution in [0.5, 0.6) is 11.5 Å². The quantitative estimate of drug-likeness (QED) is 0.172. The van der Waals surface area contributed by atoms with E-state index < -0.39 is 5.41 Å². The Morgan fingerprint density at radius 3 is 1.23 bits per heavy atom. The highest BCUT2D eigenvalue weighted by atomic mass is 16.5. The van der Waals surface area contributed by atoms with Crippen molar-refractivity contribution in [1.29, 1.82) is 5.26 Å². The van der Waals surface area contributed by atoms with Crippen LogP contribution in [-0.4, -0.2) is 23.7 Å². The fourth-order valence-corrected chi connectivity index (χ4v) is 13.5. The van der Waals surface area contributed by atoms with Gasteiger partial charge in [-0.15, -0.1) is 0 Å². The minimum atomic E-state index is -0.748. The van der Waals surface area contributed by atoms with Gasteiger partial charge in [0, 0.05) is 72.9 Å². The molecule has 10 aromatic carbocycles. The van der Waals surface area contributed by atoms with E-state index in [4.69, 9.17) is 14.7 Å². The van der Waals surface area contributed by atoms with Gasteiger partial charge in [-0.2, -0.15) is 5.26 Å². The second-order valence-electron chi connectivity index (χ2n) is 20.8. The van der Waals surface area contributed by atoms with E-state index in [1.54, 1.807) is 0 Å².